The van der Waals surface area contributed by atoms with Gasteiger partial charge in [0.15, 0.2) is 5.82 Å². The van der Waals surface area contributed by atoms with Crippen LogP contribution in [-0.4, -0.2) is 68.5 Å². The number of imidazole rings is 1. The van der Waals surface area contributed by atoms with E-state index in [0.717, 1.165) is 35.1 Å². The van der Waals surface area contributed by atoms with Gasteiger partial charge in [-0.05, 0) is 102 Å². The number of amides is 4. The molecule has 55 heavy (non-hydrogen) atoms. The second kappa shape index (κ2) is 17.3. The van der Waals surface area contributed by atoms with E-state index in [1.165, 1.54) is 0 Å². The van der Waals surface area contributed by atoms with E-state index in [4.69, 9.17) is 4.74 Å². The highest BCUT2D eigenvalue weighted by atomic mass is 16.6. The summed E-state index contributed by atoms with van der Waals surface area (Å²) >= 11 is 0. The van der Waals surface area contributed by atoms with Crippen LogP contribution in [0.25, 0.3) is 11.1 Å². The number of piperidine rings is 1. The summed E-state index contributed by atoms with van der Waals surface area (Å²) in [4.78, 5) is 61.1. The van der Waals surface area contributed by atoms with Crippen LogP contribution in [0.15, 0.2) is 97.5 Å². The summed E-state index contributed by atoms with van der Waals surface area (Å²) < 4.78 is 7.13. The molecule has 1 fully saturated rings. The average molecular weight is 749 g/mol. The van der Waals surface area contributed by atoms with Crippen molar-refractivity contribution in [1.29, 1.82) is 0 Å². The van der Waals surface area contributed by atoms with Crippen molar-refractivity contribution < 1.29 is 23.9 Å². The number of anilines is 1. The first-order valence-electron chi connectivity index (χ1n) is 19.2. The molecule has 0 radical (unpaired) electrons. The fourth-order valence-corrected chi connectivity index (χ4v) is 6.74. The Balaban J connectivity index is 1.38. The van der Waals surface area contributed by atoms with Gasteiger partial charge < -0.3 is 30.2 Å². The lowest BCUT2D eigenvalue weighted by Gasteiger charge is -2.39. The Kier molecular flexibility index (Phi) is 12.8. The number of hydrogen-bond acceptors (Lipinski definition) is 6. The number of benzene rings is 3. The normalized spacial score (nSPS) is 15.4. The number of aryl methyl sites for hydroxylation is 1. The quantitative estimate of drug-likeness (QED) is 0.131. The van der Waals surface area contributed by atoms with E-state index >= 15 is 0 Å². The molecule has 4 amide bonds. The summed E-state index contributed by atoms with van der Waals surface area (Å²) in [5.41, 5.74) is 0.722. The van der Waals surface area contributed by atoms with Gasteiger partial charge in [-0.3, -0.25) is 14.4 Å². The van der Waals surface area contributed by atoms with E-state index in [1.807, 2.05) is 84.6 Å². The number of alkyl carbamates (subject to hydrolysis) is 1. The molecular weight excluding hydrogens is 693 g/mol. The van der Waals surface area contributed by atoms with Gasteiger partial charge in [-0.1, -0.05) is 91.9 Å². The minimum atomic E-state index is -1.38. The Hall–Kier alpha value is -5.45. The lowest BCUT2D eigenvalue weighted by molar-refractivity contribution is -0.139. The summed E-state index contributed by atoms with van der Waals surface area (Å²) in [5, 5.41) is 8.38. The first kappa shape index (κ1) is 40.7. The lowest BCUT2D eigenvalue weighted by Crippen LogP contribution is -2.58. The largest absolute Gasteiger partial charge is 0.444 e. The second-order valence-corrected chi connectivity index (χ2v) is 16.3. The maximum atomic E-state index is 14.5. The van der Waals surface area contributed by atoms with E-state index in [0.29, 0.717) is 38.3 Å². The number of hydrogen-bond donors (Lipinski definition) is 3. The zero-order chi connectivity index (χ0) is 39.8. The molecule has 0 saturated carbocycles. The van der Waals surface area contributed by atoms with Crippen molar-refractivity contribution in [3.8, 4) is 11.1 Å². The zero-order valence-corrected chi connectivity index (χ0v) is 33.2. The number of rotatable bonds is 13. The predicted octanol–water partition coefficient (Wildman–Crippen LogP) is 7.32. The van der Waals surface area contributed by atoms with E-state index < -0.39 is 40.6 Å². The number of aromatic nitrogens is 2. The molecule has 4 aromatic rings. The van der Waals surface area contributed by atoms with Crippen molar-refractivity contribution in [2.75, 3.05) is 18.4 Å². The molecule has 2 atom stereocenters. The van der Waals surface area contributed by atoms with Crippen LogP contribution in [-0.2, 0) is 31.1 Å². The highest BCUT2D eigenvalue weighted by Crippen LogP contribution is 2.33. The summed E-state index contributed by atoms with van der Waals surface area (Å²) in [7, 11) is 0. The number of ether oxygens (including phenoxy) is 1. The predicted molar refractivity (Wildman–Crippen MR) is 215 cm³/mol. The minimum absolute atomic E-state index is 0.0482. The lowest BCUT2D eigenvalue weighted by atomic mass is 9.87. The molecule has 1 saturated heterocycles. The number of nitrogens with zero attached hydrogens (tertiary/aromatic N) is 3. The molecule has 1 aliphatic heterocycles. The molecule has 3 N–H and O–H groups in total. The topological polar surface area (TPSA) is 135 Å². The van der Waals surface area contributed by atoms with E-state index in [-0.39, 0.29) is 11.7 Å². The first-order valence-corrected chi connectivity index (χ1v) is 19.2. The van der Waals surface area contributed by atoms with Gasteiger partial charge in [0.1, 0.15) is 22.7 Å². The third-order valence-electron chi connectivity index (χ3n) is 10.2. The SMILES string of the molecule is CC1CCN(C(=O)C(C)(c2ccc(-c3ccccc3)cc2)n2cnc(NC(=O)C(CCCc3ccccc3)NC(=O)C(C)(C)NC(=O)OC(C)(C)C)c2)CC1. The van der Waals surface area contributed by atoms with Crippen LogP contribution in [0.1, 0.15) is 85.3 Å². The third-order valence-corrected chi connectivity index (χ3v) is 10.2. The van der Waals surface area contributed by atoms with E-state index in [2.05, 4.69) is 40.0 Å². The van der Waals surface area contributed by atoms with Crippen LogP contribution in [0.4, 0.5) is 10.6 Å². The summed E-state index contributed by atoms with van der Waals surface area (Å²) in [6, 6.07) is 27.1. The fraction of sp³-hybridized carbons (Fsp3) is 0.432. The monoisotopic (exact) mass is 748 g/mol. The highest BCUT2D eigenvalue weighted by Gasteiger charge is 2.41. The standard InChI is InChI=1S/C44H56N6O5/c1-31-25-27-49(28-26-31)40(53)44(7,35-23-21-34(22-24-35)33-18-12-9-13-19-33)50-29-37(45-30-50)47-38(51)36(20-14-17-32-15-10-8-11-16-32)46-39(52)43(5,6)48-41(54)55-42(2,3)4/h8-13,15-16,18-19,21-24,29-31,36H,14,17,20,25-28H2,1-7H3,(H,46,52)(H,47,51)(H,48,54). The van der Waals surface area contributed by atoms with Crippen molar-refractivity contribution >= 4 is 29.6 Å². The molecule has 3 aromatic carbocycles. The molecule has 0 spiro atoms. The van der Waals surface area contributed by atoms with E-state index in [1.54, 1.807) is 51.7 Å². The van der Waals surface area contributed by atoms with Crippen LogP contribution < -0.4 is 16.0 Å². The summed E-state index contributed by atoms with van der Waals surface area (Å²) in [6.45, 7) is 13.8. The molecule has 11 nitrogen and oxygen atoms in total. The van der Waals surface area contributed by atoms with Gasteiger partial charge in [0.05, 0.1) is 6.33 Å². The number of carbonyl (C=O) groups is 4. The summed E-state index contributed by atoms with van der Waals surface area (Å²) in [6.07, 6.45) is 6.00. The Bertz CT molecular complexity index is 1910. The highest BCUT2D eigenvalue weighted by molar-refractivity contribution is 5.98. The molecule has 1 aromatic heterocycles. The molecule has 1 aliphatic rings. The van der Waals surface area contributed by atoms with Gasteiger partial charge in [-0.2, -0.15) is 0 Å². The second-order valence-electron chi connectivity index (χ2n) is 16.3. The van der Waals surface area contributed by atoms with Crippen molar-refractivity contribution in [3.63, 3.8) is 0 Å². The third kappa shape index (κ3) is 10.6. The van der Waals surface area contributed by atoms with Crippen LogP contribution in [0.2, 0.25) is 0 Å². The van der Waals surface area contributed by atoms with Crippen molar-refractivity contribution in [1.82, 2.24) is 25.1 Å². The molecule has 11 heteroatoms. The van der Waals surface area contributed by atoms with Gasteiger partial charge in [-0.25, -0.2) is 9.78 Å². The van der Waals surface area contributed by atoms with Crippen LogP contribution in [0.5, 0.6) is 0 Å². The van der Waals surface area contributed by atoms with Crippen molar-refractivity contribution in [3.05, 3.63) is 109 Å². The van der Waals surface area contributed by atoms with Gasteiger partial charge in [0.25, 0.3) is 5.91 Å². The number of likely N-dealkylation sites (tertiary alicyclic amines) is 1. The Morgan fingerprint density at radius 1 is 0.836 bits per heavy atom. The Labute approximate surface area is 325 Å². The fourth-order valence-electron chi connectivity index (χ4n) is 6.74. The minimum Gasteiger partial charge on any atom is -0.444 e. The van der Waals surface area contributed by atoms with Crippen LogP contribution >= 0.6 is 0 Å². The van der Waals surface area contributed by atoms with Crippen molar-refractivity contribution in [2.45, 2.75) is 103 Å². The molecule has 5 rings (SSSR count). The maximum Gasteiger partial charge on any atom is 0.408 e. The maximum absolute atomic E-state index is 14.5. The van der Waals surface area contributed by atoms with Gasteiger partial charge in [-0.15, -0.1) is 0 Å². The van der Waals surface area contributed by atoms with Crippen molar-refractivity contribution in [2.24, 2.45) is 5.92 Å². The molecule has 0 bridgehead atoms. The molecule has 2 unspecified atom stereocenters. The summed E-state index contributed by atoms with van der Waals surface area (Å²) in [5.74, 6) is -0.268. The molecule has 2 heterocycles. The molecule has 0 aliphatic carbocycles. The smallest absolute Gasteiger partial charge is 0.408 e. The Morgan fingerprint density at radius 2 is 1.44 bits per heavy atom. The molecular formula is C44H56N6O5. The van der Waals surface area contributed by atoms with E-state index in [9.17, 15) is 19.2 Å². The van der Waals surface area contributed by atoms with Crippen LogP contribution in [0, 0.1) is 5.92 Å². The Morgan fingerprint density at radius 3 is 2.05 bits per heavy atom. The van der Waals surface area contributed by atoms with Gasteiger partial charge in [0, 0.05) is 19.3 Å². The van der Waals surface area contributed by atoms with Gasteiger partial charge >= 0.3 is 6.09 Å². The van der Waals surface area contributed by atoms with Crippen LogP contribution in [0.3, 0.4) is 0 Å². The number of nitrogens with one attached hydrogen (secondary N) is 3. The zero-order valence-electron chi connectivity index (χ0n) is 33.2. The molecule has 292 valence electrons. The average Bonchev–Trinajstić information content (AvgIpc) is 3.62. The van der Waals surface area contributed by atoms with Gasteiger partial charge in [0.2, 0.25) is 11.8 Å². The first-order chi connectivity index (χ1) is 26.0. The number of carbonyl (C=O) groups excluding carboxylic acids is 4.